The third-order valence-corrected chi connectivity index (χ3v) is 3.95. The van der Waals surface area contributed by atoms with Gasteiger partial charge in [-0.05, 0) is 53.0 Å². The van der Waals surface area contributed by atoms with Crippen LogP contribution in [0.5, 0.6) is 0 Å². The molecule has 0 N–H and O–H groups in total. The van der Waals surface area contributed by atoms with Crippen molar-refractivity contribution in [3.63, 3.8) is 0 Å². The van der Waals surface area contributed by atoms with Gasteiger partial charge in [-0.1, -0.05) is 65.8 Å². The summed E-state index contributed by atoms with van der Waals surface area (Å²) in [6.07, 6.45) is 11.5. The predicted octanol–water partition coefficient (Wildman–Crippen LogP) is 6.10. The molecule has 0 aromatic heterocycles. The van der Waals surface area contributed by atoms with Gasteiger partial charge in [0.2, 0.25) is 0 Å². The molecule has 0 aliphatic heterocycles. The van der Waals surface area contributed by atoms with Gasteiger partial charge in [0, 0.05) is 19.1 Å². The highest BCUT2D eigenvalue weighted by Gasteiger charge is 2.05. The molecule has 0 saturated heterocycles. The molecule has 0 atom stereocenters. The first kappa shape index (κ1) is 19.4. The van der Waals surface area contributed by atoms with Gasteiger partial charge in [-0.3, -0.25) is 4.90 Å². The molecule has 0 bridgehead atoms. The number of rotatable bonds is 9. The van der Waals surface area contributed by atoms with Crippen LogP contribution in [0.4, 0.5) is 0 Å². The fraction of sp³-hybridized carbons (Fsp3) is 0.455. The van der Waals surface area contributed by atoms with Crippen molar-refractivity contribution in [3.8, 4) is 0 Å². The average Bonchev–Trinajstić information content (AvgIpc) is 2.51. The Balaban J connectivity index is 2.48. The minimum absolute atomic E-state index is 0.553. The molecular formula is C22H33N. The van der Waals surface area contributed by atoms with Crippen LogP contribution in [-0.4, -0.2) is 24.0 Å². The molecule has 0 fully saturated rings. The van der Waals surface area contributed by atoms with E-state index in [9.17, 15) is 0 Å². The minimum atomic E-state index is 0.553. The molecule has 0 spiro atoms. The number of benzene rings is 1. The van der Waals surface area contributed by atoms with Gasteiger partial charge >= 0.3 is 0 Å². The second kappa shape index (κ2) is 11.0. The van der Waals surface area contributed by atoms with Crippen molar-refractivity contribution < 1.29 is 0 Å². The molecule has 0 aliphatic rings. The van der Waals surface area contributed by atoms with Gasteiger partial charge < -0.3 is 0 Å². The van der Waals surface area contributed by atoms with E-state index in [-0.39, 0.29) is 0 Å². The van der Waals surface area contributed by atoms with Crippen LogP contribution in [0.2, 0.25) is 0 Å². The standard InChI is InChI=1S/C22H33N/c1-19(2)11-9-12-21(5)16-18-23(20(3)4)17-10-15-22-13-7-6-8-14-22/h6-8,10-11,13-16,20H,9,12,17-18H2,1-5H3/b15-10+,21-16+. The van der Waals surface area contributed by atoms with Crippen LogP contribution in [0.1, 0.15) is 53.0 Å². The van der Waals surface area contributed by atoms with Crippen molar-refractivity contribution in [2.75, 3.05) is 13.1 Å². The molecule has 0 amide bonds. The highest BCUT2D eigenvalue weighted by atomic mass is 15.1. The predicted molar refractivity (Wildman–Crippen MR) is 105 cm³/mol. The highest BCUT2D eigenvalue weighted by Crippen LogP contribution is 2.09. The lowest BCUT2D eigenvalue weighted by molar-refractivity contribution is 0.272. The van der Waals surface area contributed by atoms with Crippen molar-refractivity contribution >= 4 is 6.08 Å². The summed E-state index contributed by atoms with van der Waals surface area (Å²) in [7, 11) is 0. The summed E-state index contributed by atoms with van der Waals surface area (Å²) in [5.41, 5.74) is 4.16. The Morgan fingerprint density at radius 2 is 1.70 bits per heavy atom. The molecule has 1 aromatic rings. The van der Waals surface area contributed by atoms with Gasteiger partial charge in [0.25, 0.3) is 0 Å². The Hall–Kier alpha value is -1.60. The fourth-order valence-corrected chi connectivity index (χ4v) is 2.35. The lowest BCUT2D eigenvalue weighted by Crippen LogP contribution is -2.31. The summed E-state index contributed by atoms with van der Waals surface area (Å²) in [5.74, 6) is 0. The largest absolute Gasteiger partial charge is 0.294 e. The monoisotopic (exact) mass is 311 g/mol. The van der Waals surface area contributed by atoms with E-state index in [0.717, 1.165) is 25.9 Å². The van der Waals surface area contributed by atoms with E-state index in [4.69, 9.17) is 0 Å². The Bertz CT molecular complexity index is 516. The summed E-state index contributed by atoms with van der Waals surface area (Å²) >= 11 is 0. The first-order chi connectivity index (χ1) is 11.0. The smallest absolute Gasteiger partial charge is 0.0172 e. The maximum atomic E-state index is 2.49. The Morgan fingerprint density at radius 1 is 1.00 bits per heavy atom. The van der Waals surface area contributed by atoms with Crippen LogP contribution in [-0.2, 0) is 0 Å². The van der Waals surface area contributed by atoms with Crippen molar-refractivity contribution in [2.45, 2.75) is 53.5 Å². The molecule has 0 heterocycles. The zero-order valence-corrected chi connectivity index (χ0v) is 15.5. The maximum Gasteiger partial charge on any atom is 0.0172 e. The normalized spacial score (nSPS) is 12.4. The van der Waals surface area contributed by atoms with Gasteiger partial charge in [0.05, 0.1) is 0 Å². The van der Waals surface area contributed by atoms with Gasteiger partial charge in [0.15, 0.2) is 0 Å². The first-order valence-electron chi connectivity index (χ1n) is 8.73. The van der Waals surface area contributed by atoms with E-state index >= 15 is 0 Å². The van der Waals surface area contributed by atoms with Crippen LogP contribution in [0, 0.1) is 0 Å². The molecule has 0 unspecified atom stereocenters. The van der Waals surface area contributed by atoms with Crippen LogP contribution < -0.4 is 0 Å². The van der Waals surface area contributed by atoms with Gasteiger partial charge in [-0.15, -0.1) is 0 Å². The van der Waals surface area contributed by atoms with Crippen LogP contribution in [0.3, 0.4) is 0 Å². The molecule has 1 heteroatoms. The van der Waals surface area contributed by atoms with E-state index in [1.807, 2.05) is 0 Å². The zero-order chi connectivity index (χ0) is 17.1. The summed E-state index contributed by atoms with van der Waals surface area (Å²) in [6, 6.07) is 11.1. The van der Waals surface area contributed by atoms with Gasteiger partial charge in [-0.2, -0.15) is 0 Å². The summed E-state index contributed by atoms with van der Waals surface area (Å²) in [5, 5.41) is 0. The molecule has 126 valence electrons. The van der Waals surface area contributed by atoms with E-state index < -0.39 is 0 Å². The Morgan fingerprint density at radius 3 is 2.30 bits per heavy atom. The van der Waals surface area contributed by atoms with Crippen molar-refractivity contribution in [2.24, 2.45) is 0 Å². The lowest BCUT2D eigenvalue weighted by atomic mass is 10.1. The Labute approximate surface area is 143 Å². The topological polar surface area (TPSA) is 3.24 Å². The second-order valence-corrected chi connectivity index (χ2v) is 6.73. The molecule has 23 heavy (non-hydrogen) atoms. The van der Waals surface area contributed by atoms with Crippen molar-refractivity contribution in [1.29, 1.82) is 0 Å². The van der Waals surface area contributed by atoms with Crippen LogP contribution in [0.25, 0.3) is 6.08 Å². The first-order valence-corrected chi connectivity index (χ1v) is 8.73. The molecule has 0 aliphatic carbocycles. The summed E-state index contributed by atoms with van der Waals surface area (Å²) < 4.78 is 0. The number of nitrogens with zero attached hydrogens (tertiary/aromatic N) is 1. The number of allylic oxidation sites excluding steroid dienone is 3. The minimum Gasteiger partial charge on any atom is -0.294 e. The van der Waals surface area contributed by atoms with E-state index in [2.05, 4.69) is 94.2 Å². The van der Waals surface area contributed by atoms with Gasteiger partial charge in [0.1, 0.15) is 0 Å². The number of hydrogen-bond donors (Lipinski definition) is 0. The highest BCUT2D eigenvalue weighted by molar-refractivity contribution is 5.48. The lowest BCUT2D eigenvalue weighted by Gasteiger charge is -2.23. The number of hydrogen-bond acceptors (Lipinski definition) is 1. The summed E-state index contributed by atoms with van der Waals surface area (Å²) in [6.45, 7) is 13.1. The van der Waals surface area contributed by atoms with E-state index in [0.29, 0.717) is 6.04 Å². The molecular weight excluding hydrogens is 278 g/mol. The zero-order valence-electron chi connectivity index (χ0n) is 15.5. The SMILES string of the molecule is CC(C)=CCC/C(C)=C/CN(C/C=C/c1ccccc1)C(C)C. The fourth-order valence-electron chi connectivity index (χ4n) is 2.35. The molecule has 1 nitrogen and oxygen atoms in total. The second-order valence-electron chi connectivity index (χ2n) is 6.73. The Kier molecular flexibility index (Phi) is 9.31. The molecule has 1 rings (SSSR count). The van der Waals surface area contributed by atoms with Crippen molar-refractivity contribution in [3.05, 3.63) is 65.3 Å². The van der Waals surface area contributed by atoms with Gasteiger partial charge in [-0.25, -0.2) is 0 Å². The third kappa shape index (κ3) is 9.20. The summed E-state index contributed by atoms with van der Waals surface area (Å²) in [4.78, 5) is 2.49. The molecule has 0 radical (unpaired) electrons. The molecule has 0 saturated carbocycles. The quantitative estimate of drug-likeness (QED) is 0.498. The van der Waals surface area contributed by atoms with Crippen LogP contribution >= 0.6 is 0 Å². The van der Waals surface area contributed by atoms with E-state index in [1.54, 1.807) is 0 Å². The molecule has 1 aromatic carbocycles. The van der Waals surface area contributed by atoms with Crippen molar-refractivity contribution in [1.82, 2.24) is 4.90 Å². The average molecular weight is 312 g/mol. The van der Waals surface area contributed by atoms with Crippen LogP contribution in [0.15, 0.2) is 59.7 Å². The maximum absolute atomic E-state index is 2.49. The van der Waals surface area contributed by atoms with E-state index in [1.165, 1.54) is 16.7 Å². The third-order valence-electron chi connectivity index (χ3n) is 3.95.